The van der Waals surface area contributed by atoms with E-state index in [0.717, 1.165) is 25.9 Å². The van der Waals surface area contributed by atoms with Crippen molar-refractivity contribution in [2.75, 3.05) is 13.1 Å². The van der Waals surface area contributed by atoms with Crippen LogP contribution in [0.2, 0.25) is 0 Å². The van der Waals surface area contributed by atoms with Gasteiger partial charge in [-0.2, -0.15) is 0 Å². The second-order valence-electron chi connectivity index (χ2n) is 5.53. The summed E-state index contributed by atoms with van der Waals surface area (Å²) in [6.45, 7) is 4.12. The molecule has 84 valence electrons. The van der Waals surface area contributed by atoms with Crippen LogP contribution in [-0.4, -0.2) is 36.0 Å². The Morgan fingerprint density at radius 2 is 2.00 bits per heavy atom. The molecule has 1 saturated carbocycles. The molecule has 0 aromatic heterocycles. The van der Waals surface area contributed by atoms with Crippen molar-refractivity contribution < 1.29 is 4.79 Å². The predicted octanol–water partition coefficient (Wildman–Crippen LogP) is 0.995. The molecule has 2 bridgehead atoms. The quantitative estimate of drug-likeness (QED) is 0.697. The molecule has 0 aromatic carbocycles. The van der Waals surface area contributed by atoms with E-state index in [2.05, 4.69) is 17.1 Å². The zero-order valence-corrected chi connectivity index (χ0v) is 9.41. The smallest absolute Gasteiger partial charge is 0.226 e. The summed E-state index contributed by atoms with van der Waals surface area (Å²) in [6.07, 6.45) is 4.85. The highest BCUT2D eigenvalue weighted by Crippen LogP contribution is 2.39. The number of carbonyl (C=O) groups excluding carboxylic acids is 1. The van der Waals surface area contributed by atoms with Gasteiger partial charge < -0.3 is 10.2 Å². The van der Waals surface area contributed by atoms with Crippen LogP contribution in [0.25, 0.3) is 0 Å². The summed E-state index contributed by atoms with van der Waals surface area (Å²) in [6, 6.07) is 1.26. The zero-order chi connectivity index (χ0) is 10.4. The van der Waals surface area contributed by atoms with Gasteiger partial charge in [-0.15, -0.1) is 0 Å². The molecule has 0 unspecified atom stereocenters. The first-order valence-electron chi connectivity index (χ1n) is 6.29. The van der Waals surface area contributed by atoms with E-state index < -0.39 is 0 Å². The molecule has 3 aliphatic rings. The van der Waals surface area contributed by atoms with Crippen LogP contribution in [0.1, 0.15) is 32.6 Å². The van der Waals surface area contributed by atoms with Gasteiger partial charge in [0.2, 0.25) is 5.91 Å². The van der Waals surface area contributed by atoms with Crippen LogP contribution in [0.4, 0.5) is 0 Å². The van der Waals surface area contributed by atoms with E-state index in [9.17, 15) is 4.79 Å². The third-order valence-corrected chi connectivity index (χ3v) is 4.26. The average Bonchev–Trinajstić information content (AvgIpc) is 2.81. The summed E-state index contributed by atoms with van der Waals surface area (Å²) in [5.74, 6) is 1.43. The van der Waals surface area contributed by atoms with Crippen molar-refractivity contribution in [2.24, 2.45) is 11.8 Å². The molecule has 2 saturated heterocycles. The number of nitrogens with zero attached hydrogens (tertiary/aromatic N) is 1. The summed E-state index contributed by atoms with van der Waals surface area (Å²) in [5, 5.41) is 3.61. The molecule has 4 atom stereocenters. The van der Waals surface area contributed by atoms with Crippen LogP contribution >= 0.6 is 0 Å². The molecule has 3 rings (SSSR count). The summed E-state index contributed by atoms with van der Waals surface area (Å²) >= 11 is 0. The van der Waals surface area contributed by atoms with E-state index >= 15 is 0 Å². The number of fused-ring (bicyclic) bond motifs is 2. The van der Waals surface area contributed by atoms with Crippen molar-refractivity contribution >= 4 is 5.91 Å². The summed E-state index contributed by atoms with van der Waals surface area (Å²) < 4.78 is 0. The molecule has 2 aliphatic heterocycles. The summed E-state index contributed by atoms with van der Waals surface area (Å²) in [5.41, 5.74) is 0. The Kier molecular flexibility index (Phi) is 2.23. The van der Waals surface area contributed by atoms with Crippen LogP contribution in [0.3, 0.4) is 0 Å². The predicted molar refractivity (Wildman–Crippen MR) is 58.4 cm³/mol. The van der Waals surface area contributed by atoms with Gasteiger partial charge in [0.1, 0.15) is 0 Å². The maximum absolute atomic E-state index is 12.1. The fraction of sp³-hybridized carbons (Fsp3) is 0.917. The standard InChI is InChI=1S/C12H20N2O/c1-8-6-11(8)12(15)14-5-4-9-2-3-10(7-14)13-9/h8-11,13H,2-7H2,1H3/t8-,9+,10-,11-/m0/s1. The van der Waals surface area contributed by atoms with Gasteiger partial charge in [0.15, 0.2) is 0 Å². The van der Waals surface area contributed by atoms with E-state index in [0.29, 0.717) is 29.8 Å². The average molecular weight is 208 g/mol. The van der Waals surface area contributed by atoms with Crippen LogP contribution in [0.15, 0.2) is 0 Å². The third-order valence-electron chi connectivity index (χ3n) is 4.26. The van der Waals surface area contributed by atoms with Crippen molar-refractivity contribution in [3.8, 4) is 0 Å². The monoisotopic (exact) mass is 208 g/mol. The Morgan fingerprint density at radius 1 is 1.27 bits per heavy atom. The molecular weight excluding hydrogens is 188 g/mol. The van der Waals surface area contributed by atoms with Gasteiger partial charge in [0.05, 0.1) is 0 Å². The minimum Gasteiger partial charge on any atom is -0.341 e. The number of likely N-dealkylation sites (tertiary alicyclic amines) is 1. The van der Waals surface area contributed by atoms with E-state index in [1.165, 1.54) is 12.8 Å². The van der Waals surface area contributed by atoms with Crippen molar-refractivity contribution in [2.45, 2.75) is 44.7 Å². The van der Waals surface area contributed by atoms with Crippen molar-refractivity contribution in [1.82, 2.24) is 10.2 Å². The van der Waals surface area contributed by atoms with Crippen LogP contribution in [0.5, 0.6) is 0 Å². The number of hydrogen-bond acceptors (Lipinski definition) is 2. The molecule has 1 aliphatic carbocycles. The molecule has 3 heteroatoms. The highest BCUT2D eigenvalue weighted by atomic mass is 16.2. The molecule has 2 heterocycles. The number of carbonyl (C=O) groups is 1. The summed E-state index contributed by atoms with van der Waals surface area (Å²) in [4.78, 5) is 14.2. The highest BCUT2D eigenvalue weighted by Gasteiger charge is 2.43. The number of hydrogen-bond donors (Lipinski definition) is 1. The lowest BCUT2D eigenvalue weighted by molar-refractivity contribution is -0.133. The largest absolute Gasteiger partial charge is 0.341 e. The van der Waals surface area contributed by atoms with Gasteiger partial charge >= 0.3 is 0 Å². The Labute approximate surface area is 91.2 Å². The number of amides is 1. The lowest BCUT2D eigenvalue weighted by Crippen LogP contribution is -2.40. The van der Waals surface area contributed by atoms with Crippen LogP contribution in [-0.2, 0) is 4.79 Å². The Hall–Kier alpha value is -0.570. The Morgan fingerprint density at radius 3 is 2.73 bits per heavy atom. The van der Waals surface area contributed by atoms with Crippen LogP contribution in [0, 0.1) is 11.8 Å². The maximum atomic E-state index is 12.1. The lowest BCUT2D eigenvalue weighted by atomic mass is 10.1. The van der Waals surface area contributed by atoms with Crippen molar-refractivity contribution in [1.29, 1.82) is 0 Å². The van der Waals surface area contributed by atoms with Gasteiger partial charge in [0.25, 0.3) is 0 Å². The Bertz CT molecular complexity index is 279. The van der Waals surface area contributed by atoms with Crippen molar-refractivity contribution in [3.05, 3.63) is 0 Å². The molecule has 3 nitrogen and oxygen atoms in total. The first-order chi connectivity index (χ1) is 7.24. The first-order valence-corrected chi connectivity index (χ1v) is 6.29. The zero-order valence-electron chi connectivity index (χ0n) is 9.41. The van der Waals surface area contributed by atoms with Gasteiger partial charge in [-0.1, -0.05) is 6.92 Å². The lowest BCUT2D eigenvalue weighted by Gasteiger charge is -2.24. The molecule has 1 amide bonds. The van der Waals surface area contributed by atoms with E-state index in [-0.39, 0.29) is 0 Å². The van der Waals surface area contributed by atoms with E-state index in [1.54, 1.807) is 0 Å². The number of rotatable bonds is 1. The fourth-order valence-corrected chi connectivity index (χ4v) is 3.04. The second kappa shape index (κ2) is 3.48. The number of nitrogens with one attached hydrogen (secondary N) is 1. The molecule has 1 N–H and O–H groups in total. The van der Waals surface area contributed by atoms with Gasteiger partial charge in [0, 0.05) is 31.1 Å². The summed E-state index contributed by atoms with van der Waals surface area (Å²) in [7, 11) is 0. The second-order valence-corrected chi connectivity index (χ2v) is 5.53. The minimum absolute atomic E-state index is 0.363. The molecule has 0 spiro atoms. The molecule has 0 radical (unpaired) electrons. The Balaban J connectivity index is 1.64. The van der Waals surface area contributed by atoms with Gasteiger partial charge in [-0.05, 0) is 31.6 Å². The molecule has 15 heavy (non-hydrogen) atoms. The van der Waals surface area contributed by atoms with Crippen molar-refractivity contribution in [3.63, 3.8) is 0 Å². The van der Waals surface area contributed by atoms with Crippen LogP contribution < -0.4 is 5.32 Å². The van der Waals surface area contributed by atoms with Gasteiger partial charge in [-0.25, -0.2) is 0 Å². The minimum atomic E-state index is 0.363. The fourth-order valence-electron chi connectivity index (χ4n) is 3.04. The molecular formula is C12H20N2O. The maximum Gasteiger partial charge on any atom is 0.226 e. The molecule has 3 fully saturated rings. The third kappa shape index (κ3) is 1.78. The SMILES string of the molecule is C[C@H]1C[C@@H]1C(=O)N1CC[C@H]2CC[C@@H](C1)N2. The highest BCUT2D eigenvalue weighted by molar-refractivity contribution is 5.81. The molecule has 0 aromatic rings. The van der Waals surface area contributed by atoms with Gasteiger partial charge in [-0.3, -0.25) is 4.79 Å². The first kappa shape index (κ1) is 9.64. The normalized spacial score (nSPS) is 43.9. The van der Waals surface area contributed by atoms with E-state index in [4.69, 9.17) is 0 Å². The topological polar surface area (TPSA) is 32.3 Å². The van der Waals surface area contributed by atoms with E-state index in [1.807, 2.05) is 0 Å².